The zero-order valence-corrected chi connectivity index (χ0v) is 21.8. The van der Waals surface area contributed by atoms with Crippen molar-refractivity contribution in [1.82, 2.24) is 4.73 Å². The van der Waals surface area contributed by atoms with Crippen molar-refractivity contribution in [2.24, 2.45) is 0 Å². The topological polar surface area (TPSA) is 94.5 Å². The molecule has 0 N–H and O–H groups in total. The lowest BCUT2D eigenvalue weighted by molar-refractivity contribution is -0.144. The minimum absolute atomic E-state index is 0.0567. The summed E-state index contributed by atoms with van der Waals surface area (Å²) in [5, 5.41) is 0. The normalized spacial score (nSPS) is 12.8. The molecule has 0 aliphatic carbocycles. The van der Waals surface area contributed by atoms with Crippen molar-refractivity contribution in [3.05, 3.63) is 62.9 Å². The maximum Gasteiger partial charge on any atom is 0.342 e. The van der Waals surface area contributed by atoms with Gasteiger partial charge in [-0.1, -0.05) is 29.9 Å². The molecule has 0 saturated heterocycles. The molecule has 1 aromatic carbocycles. The van der Waals surface area contributed by atoms with Crippen molar-refractivity contribution < 1.29 is 38.1 Å². The van der Waals surface area contributed by atoms with Gasteiger partial charge in [0.15, 0.2) is 6.79 Å². The third kappa shape index (κ3) is 6.71. The number of rotatable bonds is 13. The number of allylic oxidation sites excluding steroid dienone is 2. The molecule has 36 heavy (non-hydrogen) atoms. The number of cyclic esters (lactones) is 1. The second-order valence-electron chi connectivity index (χ2n) is 8.14. The zero-order valence-electron chi connectivity index (χ0n) is 21.0. The van der Waals surface area contributed by atoms with Gasteiger partial charge in [0.1, 0.15) is 28.3 Å². The van der Waals surface area contributed by atoms with Crippen molar-refractivity contribution >= 4 is 24.2 Å². The van der Waals surface area contributed by atoms with Crippen LogP contribution in [0.25, 0.3) is 0 Å². The van der Waals surface area contributed by atoms with Crippen LogP contribution in [-0.2, 0) is 32.0 Å². The third-order valence-electron chi connectivity index (χ3n) is 5.71. The van der Waals surface area contributed by atoms with Crippen LogP contribution in [-0.4, -0.2) is 50.9 Å². The van der Waals surface area contributed by atoms with Crippen LogP contribution in [0, 0.1) is 11.6 Å². The molecule has 1 aliphatic heterocycles. The highest BCUT2D eigenvalue weighted by atomic mass is 32.1. The van der Waals surface area contributed by atoms with E-state index in [1.807, 2.05) is 19.9 Å². The molecule has 9 nitrogen and oxygen atoms in total. The Morgan fingerprint density at radius 1 is 1.19 bits per heavy atom. The van der Waals surface area contributed by atoms with Gasteiger partial charge in [0.2, 0.25) is 0 Å². The highest BCUT2D eigenvalue weighted by Crippen LogP contribution is 2.42. The van der Waals surface area contributed by atoms with E-state index in [1.54, 1.807) is 38.6 Å². The summed E-state index contributed by atoms with van der Waals surface area (Å²) >= 11 is 5.14. The lowest BCUT2D eigenvalue weighted by atomic mass is 9.94. The number of hydrogen-bond acceptors (Lipinski definition) is 9. The zero-order chi connectivity index (χ0) is 26.1. The number of benzene rings is 1. The van der Waals surface area contributed by atoms with Gasteiger partial charge in [-0.15, -0.1) is 0 Å². The molecule has 194 valence electrons. The number of ether oxygens (including phenoxy) is 5. The van der Waals surface area contributed by atoms with Crippen LogP contribution in [0.15, 0.2) is 36.0 Å². The summed E-state index contributed by atoms with van der Waals surface area (Å²) in [6.45, 7) is 4.71. The van der Waals surface area contributed by atoms with Gasteiger partial charge < -0.3 is 28.5 Å². The predicted octanol–water partition coefficient (Wildman–Crippen LogP) is 4.13. The minimum atomic E-state index is -0.438. The summed E-state index contributed by atoms with van der Waals surface area (Å²) in [6.07, 6.45) is 4.66. The number of pyridine rings is 1. The summed E-state index contributed by atoms with van der Waals surface area (Å²) in [6, 6.07) is 5.19. The average molecular weight is 518 g/mol. The summed E-state index contributed by atoms with van der Waals surface area (Å²) < 4.78 is 29.0. The van der Waals surface area contributed by atoms with Gasteiger partial charge in [0.05, 0.1) is 26.7 Å². The maximum absolute atomic E-state index is 12.5. The number of carbonyl (C=O) groups excluding carboxylic acids is 2. The standard InChI is InChI=1S/C26H31NO8S/c1-17(9-11-22(28)35-27-12-6-5-7-21(27)36)8-10-19-24(31-4)18(2)20-15-33-26(29)23(20)25(19)34-16-32-14-13-30-3/h5-8,12H,9-11,13-16H2,1-4H3/b17-8+. The van der Waals surface area contributed by atoms with Crippen molar-refractivity contribution in [3.63, 3.8) is 0 Å². The van der Waals surface area contributed by atoms with E-state index in [1.165, 1.54) is 4.73 Å². The molecule has 1 aliphatic rings. The van der Waals surface area contributed by atoms with Crippen molar-refractivity contribution in [1.29, 1.82) is 0 Å². The van der Waals surface area contributed by atoms with Crippen LogP contribution in [0.3, 0.4) is 0 Å². The lowest BCUT2D eigenvalue weighted by Crippen LogP contribution is -2.19. The molecule has 2 aromatic rings. The van der Waals surface area contributed by atoms with Crippen LogP contribution >= 0.6 is 12.2 Å². The fourth-order valence-corrected chi connectivity index (χ4v) is 3.97. The van der Waals surface area contributed by atoms with Gasteiger partial charge in [0.25, 0.3) is 0 Å². The van der Waals surface area contributed by atoms with Crippen LogP contribution < -0.4 is 14.3 Å². The molecule has 10 heteroatoms. The molecular formula is C26H31NO8S. The Balaban J connectivity index is 1.76. The summed E-state index contributed by atoms with van der Waals surface area (Å²) in [7, 11) is 3.16. The average Bonchev–Trinajstić information content (AvgIpc) is 3.25. The van der Waals surface area contributed by atoms with E-state index in [4.69, 9.17) is 40.7 Å². The minimum Gasteiger partial charge on any atom is -0.496 e. The molecule has 0 atom stereocenters. The largest absolute Gasteiger partial charge is 0.496 e. The first-order chi connectivity index (χ1) is 17.4. The summed E-state index contributed by atoms with van der Waals surface area (Å²) in [5.74, 6) is 0.179. The van der Waals surface area contributed by atoms with Crippen LogP contribution in [0.1, 0.15) is 46.8 Å². The molecule has 0 bridgehead atoms. The molecule has 0 radical (unpaired) electrons. The number of esters is 1. The SMILES string of the molecule is COCCOCOc1c(C/C=C(\C)CCC(=O)On2ccccc2=S)c(OC)c(C)c2c1C(=O)OC2. The van der Waals surface area contributed by atoms with Gasteiger partial charge >= 0.3 is 11.9 Å². The molecule has 0 spiro atoms. The number of fused-ring (bicyclic) bond motifs is 1. The maximum atomic E-state index is 12.5. The first kappa shape index (κ1) is 27.4. The van der Waals surface area contributed by atoms with Gasteiger partial charge in [-0.25, -0.2) is 9.59 Å². The Bertz CT molecular complexity index is 1190. The Hall–Kier alpha value is -3.21. The third-order valence-corrected chi connectivity index (χ3v) is 6.03. The smallest absolute Gasteiger partial charge is 0.342 e. The number of aromatic nitrogens is 1. The fraction of sp³-hybridized carbons (Fsp3) is 0.423. The van der Waals surface area contributed by atoms with Crippen LogP contribution in [0.2, 0.25) is 0 Å². The molecule has 0 unspecified atom stereocenters. The Morgan fingerprint density at radius 3 is 2.72 bits per heavy atom. The molecule has 1 aromatic heterocycles. The monoisotopic (exact) mass is 517 g/mol. The lowest BCUT2D eigenvalue weighted by Gasteiger charge is -2.19. The molecule has 0 saturated carbocycles. The van der Waals surface area contributed by atoms with E-state index in [2.05, 4.69) is 0 Å². The van der Waals surface area contributed by atoms with E-state index in [0.29, 0.717) is 53.3 Å². The van der Waals surface area contributed by atoms with Crippen molar-refractivity contribution in [3.8, 4) is 11.5 Å². The first-order valence-corrected chi connectivity index (χ1v) is 11.9. The second kappa shape index (κ2) is 13.2. The molecule has 3 rings (SSSR count). The highest BCUT2D eigenvalue weighted by Gasteiger charge is 2.33. The Kier molecular flexibility index (Phi) is 10.0. The van der Waals surface area contributed by atoms with E-state index < -0.39 is 11.9 Å². The summed E-state index contributed by atoms with van der Waals surface area (Å²) in [4.78, 5) is 30.1. The molecule has 0 fully saturated rings. The fourth-order valence-electron chi connectivity index (χ4n) is 3.79. The number of carbonyl (C=O) groups is 2. The van der Waals surface area contributed by atoms with Crippen molar-refractivity contribution in [2.45, 2.75) is 39.7 Å². The van der Waals surface area contributed by atoms with E-state index in [9.17, 15) is 9.59 Å². The quantitative estimate of drug-likeness (QED) is 0.128. The summed E-state index contributed by atoms with van der Waals surface area (Å²) in [5.41, 5.74) is 3.65. The van der Waals surface area contributed by atoms with Gasteiger partial charge in [-0.05, 0) is 44.4 Å². The number of nitrogens with zero attached hydrogens (tertiary/aromatic N) is 1. The van der Waals surface area contributed by atoms with E-state index >= 15 is 0 Å². The number of hydrogen-bond donors (Lipinski definition) is 0. The Morgan fingerprint density at radius 2 is 2.00 bits per heavy atom. The van der Waals surface area contributed by atoms with E-state index in [-0.39, 0.29) is 19.8 Å². The molecular weight excluding hydrogens is 486 g/mol. The van der Waals surface area contributed by atoms with E-state index in [0.717, 1.165) is 16.7 Å². The van der Waals surface area contributed by atoms with Crippen molar-refractivity contribution in [2.75, 3.05) is 34.2 Å². The first-order valence-electron chi connectivity index (χ1n) is 11.5. The molecule has 2 heterocycles. The molecule has 0 amide bonds. The highest BCUT2D eigenvalue weighted by molar-refractivity contribution is 7.71. The number of methoxy groups -OCH3 is 2. The predicted molar refractivity (Wildman–Crippen MR) is 134 cm³/mol. The van der Waals surface area contributed by atoms with Crippen LogP contribution in [0.4, 0.5) is 0 Å². The van der Waals surface area contributed by atoms with Gasteiger partial charge in [-0.2, -0.15) is 4.73 Å². The van der Waals surface area contributed by atoms with Gasteiger partial charge in [-0.3, -0.25) is 0 Å². The Labute approximate surface area is 215 Å². The van der Waals surface area contributed by atoms with Crippen LogP contribution in [0.5, 0.6) is 11.5 Å². The second-order valence-corrected chi connectivity index (χ2v) is 8.56. The van der Waals surface area contributed by atoms with Gasteiger partial charge in [0, 0.05) is 24.4 Å².